The Morgan fingerprint density at radius 1 is 1.30 bits per heavy atom. The van der Waals surface area contributed by atoms with E-state index < -0.39 is 5.60 Å². The molecule has 0 spiro atoms. The second kappa shape index (κ2) is 4.63. The summed E-state index contributed by atoms with van der Waals surface area (Å²) >= 11 is 1.73. The van der Waals surface area contributed by atoms with Crippen LogP contribution in [-0.2, 0) is 9.59 Å². The quantitative estimate of drug-likeness (QED) is 0.778. The van der Waals surface area contributed by atoms with Crippen molar-refractivity contribution >= 4 is 23.6 Å². The van der Waals surface area contributed by atoms with Crippen LogP contribution in [0.15, 0.2) is 0 Å². The fourth-order valence-corrected chi connectivity index (χ4v) is 4.85. The van der Waals surface area contributed by atoms with Gasteiger partial charge in [0.15, 0.2) is 0 Å². The van der Waals surface area contributed by atoms with Crippen molar-refractivity contribution in [2.75, 3.05) is 18.8 Å². The van der Waals surface area contributed by atoms with Gasteiger partial charge in [0, 0.05) is 25.3 Å². The maximum Gasteiger partial charge on any atom is 0.246 e. The first-order valence-corrected chi connectivity index (χ1v) is 8.28. The van der Waals surface area contributed by atoms with Crippen LogP contribution in [0.4, 0.5) is 0 Å². The minimum atomic E-state index is -0.654. The molecule has 0 radical (unpaired) electrons. The standard InChI is InChI=1S/C14H22N2O3S/c1-13(19)5-7-15(8-6-13)12(18)10-9-20-14(2)4-3-11(17)16(10)14/h10,19H,3-9H2,1-2H3. The Hall–Kier alpha value is -0.750. The van der Waals surface area contributed by atoms with Crippen LogP contribution < -0.4 is 0 Å². The van der Waals surface area contributed by atoms with Crippen LogP contribution in [0, 0.1) is 0 Å². The Kier molecular flexibility index (Phi) is 3.29. The lowest BCUT2D eigenvalue weighted by Crippen LogP contribution is -2.54. The Morgan fingerprint density at radius 3 is 2.60 bits per heavy atom. The van der Waals surface area contributed by atoms with Gasteiger partial charge >= 0.3 is 0 Å². The number of thioether (sulfide) groups is 1. The molecular formula is C14H22N2O3S. The zero-order chi connectivity index (χ0) is 14.5. The van der Waals surface area contributed by atoms with Crippen molar-refractivity contribution in [3.8, 4) is 0 Å². The van der Waals surface area contributed by atoms with Gasteiger partial charge in [-0.2, -0.15) is 0 Å². The van der Waals surface area contributed by atoms with Gasteiger partial charge in [-0.3, -0.25) is 9.59 Å². The number of fused-ring (bicyclic) bond motifs is 1. The zero-order valence-corrected chi connectivity index (χ0v) is 12.9. The summed E-state index contributed by atoms with van der Waals surface area (Å²) in [4.78, 5) is 28.2. The zero-order valence-electron chi connectivity index (χ0n) is 12.1. The Bertz CT molecular complexity index is 444. The summed E-state index contributed by atoms with van der Waals surface area (Å²) in [7, 11) is 0. The lowest BCUT2D eigenvalue weighted by atomic mass is 9.93. The van der Waals surface area contributed by atoms with Crippen molar-refractivity contribution in [3.05, 3.63) is 0 Å². The van der Waals surface area contributed by atoms with Crippen LogP contribution in [0.2, 0.25) is 0 Å². The fourth-order valence-electron chi connectivity index (χ4n) is 3.42. The predicted molar refractivity (Wildman–Crippen MR) is 77.2 cm³/mol. The number of carbonyl (C=O) groups excluding carboxylic acids is 2. The second-order valence-electron chi connectivity index (χ2n) is 6.59. The van der Waals surface area contributed by atoms with E-state index in [-0.39, 0.29) is 22.7 Å². The highest BCUT2D eigenvalue weighted by molar-refractivity contribution is 8.01. The maximum atomic E-state index is 12.7. The molecule has 5 nitrogen and oxygen atoms in total. The molecule has 0 aromatic rings. The number of carbonyl (C=O) groups is 2. The second-order valence-corrected chi connectivity index (χ2v) is 8.09. The molecule has 2 amide bonds. The molecule has 3 heterocycles. The van der Waals surface area contributed by atoms with E-state index in [9.17, 15) is 14.7 Å². The van der Waals surface area contributed by atoms with E-state index in [0.29, 0.717) is 38.1 Å². The molecule has 20 heavy (non-hydrogen) atoms. The van der Waals surface area contributed by atoms with Gasteiger partial charge in [-0.1, -0.05) is 0 Å². The van der Waals surface area contributed by atoms with Gasteiger partial charge in [0.2, 0.25) is 11.8 Å². The van der Waals surface area contributed by atoms with E-state index in [1.165, 1.54) is 0 Å². The minimum Gasteiger partial charge on any atom is -0.390 e. The van der Waals surface area contributed by atoms with E-state index in [0.717, 1.165) is 6.42 Å². The first kappa shape index (κ1) is 14.2. The lowest BCUT2D eigenvalue weighted by molar-refractivity contribution is -0.146. The SMILES string of the molecule is CC1(O)CCN(C(=O)C2CSC3(C)CCC(=O)N23)CC1. The summed E-state index contributed by atoms with van der Waals surface area (Å²) in [6, 6.07) is -0.303. The average molecular weight is 298 g/mol. The lowest BCUT2D eigenvalue weighted by Gasteiger charge is -2.38. The molecule has 3 fully saturated rings. The summed E-state index contributed by atoms with van der Waals surface area (Å²) in [5.74, 6) is 0.875. The molecule has 0 bridgehead atoms. The molecule has 3 rings (SSSR count). The highest BCUT2D eigenvalue weighted by Gasteiger charge is 2.53. The topological polar surface area (TPSA) is 60.9 Å². The van der Waals surface area contributed by atoms with Gasteiger partial charge in [0.1, 0.15) is 6.04 Å². The smallest absolute Gasteiger partial charge is 0.246 e. The van der Waals surface area contributed by atoms with E-state index in [2.05, 4.69) is 6.92 Å². The van der Waals surface area contributed by atoms with E-state index in [4.69, 9.17) is 0 Å². The molecule has 2 atom stereocenters. The average Bonchev–Trinajstić information content (AvgIpc) is 2.86. The number of likely N-dealkylation sites (tertiary alicyclic amines) is 1. The third kappa shape index (κ3) is 2.22. The summed E-state index contributed by atoms with van der Waals surface area (Å²) in [5.41, 5.74) is -0.654. The van der Waals surface area contributed by atoms with Crippen LogP contribution >= 0.6 is 11.8 Å². The molecule has 3 aliphatic heterocycles. The molecule has 112 valence electrons. The van der Waals surface area contributed by atoms with Crippen molar-refractivity contribution in [2.45, 2.75) is 56.0 Å². The number of aliphatic hydroxyl groups is 1. The molecule has 3 aliphatic rings. The number of piperidine rings is 1. The molecule has 0 aromatic heterocycles. The normalized spacial score (nSPS) is 36.4. The van der Waals surface area contributed by atoms with Gasteiger partial charge in [0.25, 0.3) is 0 Å². The number of rotatable bonds is 1. The minimum absolute atomic E-state index is 0.0620. The van der Waals surface area contributed by atoms with Crippen molar-refractivity contribution in [3.63, 3.8) is 0 Å². The largest absolute Gasteiger partial charge is 0.390 e. The maximum absolute atomic E-state index is 12.7. The van der Waals surface area contributed by atoms with Crippen LogP contribution in [0.3, 0.4) is 0 Å². The van der Waals surface area contributed by atoms with Crippen molar-refractivity contribution in [1.82, 2.24) is 9.80 Å². The molecule has 2 unspecified atom stereocenters. The first-order valence-electron chi connectivity index (χ1n) is 7.30. The Balaban J connectivity index is 1.71. The Labute approximate surface area is 123 Å². The molecular weight excluding hydrogens is 276 g/mol. The monoisotopic (exact) mass is 298 g/mol. The molecule has 0 aliphatic carbocycles. The fraction of sp³-hybridized carbons (Fsp3) is 0.857. The molecule has 1 N–H and O–H groups in total. The van der Waals surface area contributed by atoms with Crippen LogP contribution in [-0.4, -0.2) is 62.1 Å². The molecule has 0 aromatic carbocycles. The van der Waals surface area contributed by atoms with Gasteiger partial charge in [-0.25, -0.2) is 0 Å². The predicted octanol–water partition coefficient (Wildman–Crippen LogP) is 0.814. The van der Waals surface area contributed by atoms with Crippen LogP contribution in [0.25, 0.3) is 0 Å². The number of nitrogens with zero attached hydrogens (tertiary/aromatic N) is 2. The van der Waals surface area contributed by atoms with Crippen molar-refractivity contribution in [1.29, 1.82) is 0 Å². The van der Waals surface area contributed by atoms with E-state index >= 15 is 0 Å². The van der Waals surface area contributed by atoms with E-state index in [1.54, 1.807) is 11.8 Å². The van der Waals surface area contributed by atoms with Gasteiger partial charge in [-0.05, 0) is 33.1 Å². The first-order chi connectivity index (χ1) is 9.32. The molecule has 6 heteroatoms. The van der Waals surface area contributed by atoms with Gasteiger partial charge in [-0.15, -0.1) is 11.8 Å². The van der Waals surface area contributed by atoms with E-state index in [1.807, 2.05) is 16.7 Å². The molecule has 0 saturated carbocycles. The van der Waals surface area contributed by atoms with Crippen LogP contribution in [0.1, 0.15) is 39.5 Å². The number of amides is 2. The highest BCUT2D eigenvalue weighted by atomic mass is 32.2. The van der Waals surface area contributed by atoms with Crippen molar-refractivity contribution < 1.29 is 14.7 Å². The summed E-state index contributed by atoms with van der Waals surface area (Å²) in [6.45, 7) is 5.07. The van der Waals surface area contributed by atoms with Gasteiger partial charge < -0.3 is 14.9 Å². The van der Waals surface area contributed by atoms with Gasteiger partial charge in [0.05, 0.1) is 10.5 Å². The van der Waals surface area contributed by atoms with Crippen LogP contribution in [0.5, 0.6) is 0 Å². The van der Waals surface area contributed by atoms with Crippen molar-refractivity contribution in [2.24, 2.45) is 0 Å². The summed E-state index contributed by atoms with van der Waals surface area (Å²) in [5, 5.41) is 9.97. The summed E-state index contributed by atoms with van der Waals surface area (Å²) in [6.07, 6.45) is 2.63. The molecule has 3 saturated heterocycles. The third-order valence-corrected chi connectivity index (χ3v) is 6.39. The Morgan fingerprint density at radius 2 is 1.95 bits per heavy atom. The summed E-state index contributed by atoms with van der Waals surface area (Å²) < 4.78 is 0. The third-order valence-electron chi connectivity index (χ3n) is 4.88. The number of hydrogen-bond donors (Lipinski definition) is 1. The highest BCUT2D eigenvalue weighted by Crippen LogP contribution is 2.47. The number of hydrogen-bond acceptors (Lipinski definition) is 4.